The third-order valence-electron chi connectivity index (χ3n) is 2.91. The van der Waals surface area contributed by atoms with E-state index >= 15 is 0 Å². The van der Waals surface area contributed by atoms with Crippen LogP contribution in [0.1, 0.15) is 34.6 Å². The lowest BCUT2D eigenvalue weighted by Gasteiger charge is -2.30. The van der Waals surface area contributed by atoms with Gasteiger partial charge in [-0.1, -0.05) is 13.8 Å². The highest BCUT2D eigenvalue weighted by Gasteiger charge is 2.45. The molecule has 0 aliphatic heterocycles. The molecule has 0 radical (unpaired) electrons. The van der Waals surface area contributed by atoms with Gasteiger partial charge < -0.3 is 24.1 Å². The van der Waals surface area contributed by atoms with Crippen LogP contribution in [0.5, 0.6) is 11.5 Å². The Kier molecular flexibility index (Phi) is 6.34. The van der Waals surface area contributed by atoms with Crippen LogP contribution in [0.25, 0.3) is 0 Å². The van der Waals surface area contributed by atoms with E-state index in [2.05, 4.69) is 0 Å². The van der Waals surface area contributed by atoms with Gasteiger partial charge in [-0.15, -0.1) is 0 Å². The number of halogens is 2. The number of hydrogen-bond donors (Lipinski definition) is 0. The molecule has 6 nitrogen and oxygen atoms in total. The molecule has 0 heterocycles. The summed E-state index contributed by atoms with van der Waals surface area (Å²) in [7, 11) is 0. The Hall–Kier alpha value is -2.38. The Morgan fingerprint density at radius 3 is 1.92 bits per heavy atom. The quantitative estimate of drug-likeness (QED) is 0.574. The predicted molar refractivity (Wildman–Crippen MR) is 82.5 cm³/mol. The second-order valence-electron chi connectivity index (χ2n) is 6.73. The first-order chi connectivity index (χ1) is 11.3. The predicted octanol–water partition coefficient (Wildman–Crippen LogP) is 2.79. The molecule has 0 saturated carbocycles. The van der Waals surface area contributed by atoms with Gasteiger partial charge in [-0.3, -0.25) is 0 Å². The molecule has 0 saturated heterocycles. The second kappa shape index (κ2) is 7.67. The van der Waals surface area contributed by atoms with E-state index in [-0.39, 0.29) is 11.5 Å². The Labute approximate surface area is 144 Å². The fourth-order valence-electron chi connectivity index (χ4n) is 1.84. The first-order valence-electron chi connectivity index (χ1n) is 7.59. The van der Waals surface area contributed by atoms with Gasteiger partial charge in [0.05, 0.1) is 0 Å². The molecule has 1 aromatic carbocycles. The Morgan fingerprint density at radius 2 is 1.52 bits per heavy atom. The molecule has 1 rings (SSSR count). The minimum Gasteiger partial charge on any atom is -0.544 e. The summed E-state index contributed by atoms with van der Waals surface area (Å²) in [6.07, 6.45) is -2.82. The van der Waals surface area contributed by atoms with Crippen molar-refractivity contribution in [1.29, 1.82) is 0 Å². The Bertz CT molecular complexity index is 605. The van der Waals surface area contributed by atoms with Crippen LogP contribution in [0.4, 0.5) is 13.6 Å². The number of alkyl halides is 2. The number of aliphatic carboxylic acids is 1. The van der Waals surface area contributed by atoms with Gasteiger partial charge >= 0.3 is 12.1 Å². The zero-order valence-electron chi connectivity index (χ0n) is 14.7. The molecular weight excluding hydrogens is 338 g/mol. The highest BCUT2D eigenvalue weighted by atomic mass is 19.3. The summed E-state index contributed by atoms with van der Waals surface area (Å²) in [5.74, 6) is -7.33. The Morgan fingerprint density at radius 1 is 1.04 bits per heavy atom. The van der Waals surface area contributed by atoms with Crippen molar-refractivity contribution in [3.63, 3.8) is 0 Å². The van der Waals surface area contributed by atoms with Gasteiger partial charge in [0.2, 0.25) is 0 Å². The molecule has 0 aromatic heterocycles. The number of hydrogen-bond acceptors (Lipinski definition) is 6. The molecule has 140 valence electrons. The average Bonchev–Trinajstić information content (AvgIpc) is 2.43. The maximum atomic E-state index is 13.7. The molecule has 1 atom stereocenters. The number of benzene rings is 1. The Balaban J connectivity index is 2.82. The third-order valence-corrected chi connectivity index (χ3v) is 2.91. The number of ether oxygens (including phenoxy) is 3. The van der Waals surface area contributed by atoms with Crippen molar-refractivity contribution >= 4 is 12.1 Å². The standard InChI is InChI=1S/C17H22F2O6/c1-10(2)13(17(18,19)14(20)21)23-11-6-8-12(9-7-11)24-15(22)25-16(3,4)5/h6-10,13H,1-5H3,(H,20,21)/p-1. The van der Waals surface area contributed by atoms with Crippen LogP contribution in [0.3, 0.4) is 0 Å². The van der Waals surface area contributed by atoms with E-state index in [1.165, 1.54) is 38.1 Å². The highest BCUT2D eigenvalue weighted by Crippen LogP contribution is 2.29. The zero-order chi connectivity index (χ0) is 19.4. The summed E-state index contributed by atoms with van der Waals surface area (Å²) in [5, 5.41) is 10.6. The van der Waals surface area contributed by atoms with Crippen molar-refractivity contribution in [2.45, 2.75) is 52.2 Å². The first-order valence-corrected chi connectivity index (χ1v) is 7.59. The summed E-state index contributed by atoms with van der Waals surface area (Å²) in [6, 6.07) is 5.18. The molecule has 0 spiro atoms. The van der Waals surface area contributed by atoms with E-state index in [0.717, 1.165) is 0 Å². The molecule has 0 aliphatic carbocycles. The van der Waals surface area contributed by atoms with E-state index in [0.29, 0.717) is 0 Å². The van der Waals surface area contributed by atoms with Crippen molar-refractivity contribution in [3.8, 4) is 11.5 Å². The van der Waals surface area contributed by atoms with Gasteiger partial charge in [0, 0.05) is 0 Å². The molecule has 0 fully saturated rings. The number of carboxylic acid groups (broad SMARTS) is 1. The smallest absolute Gasteiger partial charge is 0.514 e. The number of carbonyl (C=O) groups is 2. The van der Waals surface area contributed by atoms with Crippen LogP contribution >= 0.6 is 0 Å². The SMILES string of the molecule is CC(C)C(Oc1ccc(OC(=O)OC(C)(C)C)cc1)C(F)(F)C(=O)[O-]. The topological polar surface area (TPSA) is 84.9 Å². The van der Waals surface area contributed by atoms with Gasteiger partial charge in [-0.25, -0.2) is 4.79 Å². The molecular formula is C17H21F2O6-. The molecule has 25 heavy (non-hydrogen) atoms. The largest absolute Gasteiger partial charge is 0.544 e. The molecule has 1 aromatic rings. The van der Waals surface area contributed by atoms with E-state index < -0.39 is 35.7 Å². The number of carbonyl (C=O) groups excluding carboxylic acids is 2. The monoisotopic (exact) mass is 359 g/mol. The van der Waals surface area contributed by atoms with Gasteiger partial charge in [0.1, 0.15) is 23.1 Å². The lowest BCUT2D eigenvalue weighted by Crippen LogP contribution is -2.54. The van der Waals surface area contributed by atoms with Crippen LogP contribution in [0, 0.1) is 5.92 Å². The molecule has 8 heteroatoms. The van der Waals surface area contributed by atoms with Crippen molar-refractivity contribution < 1.29 is 37.7 Å². The fourth-order valence-corrected chi connectivity index (χ4v) is 1.84. The third kappa shape index (κ3) is 6.21. The minimum atomic E-state index is -4.15. The molecule has 0 bridgehead atoms. The van der Waals surface area contributed by atoms with Crippen LogP contribution in [-0.4, -0.2) is 29.8 Å². The number of rotatable bonds is 6. The van der Waals surface area contributed by atoms with E-state index in [1.807, 2.05) is 0 Å². The summed E-state index contributed by atoms with van der Waals surface area (Å²) in [5.41, 5.74) is -0.721. The normalized spacial score (nSPS) is 13.3. The van der Waals surface area contributed by atoms with Gasteiger partial charge in [-0.2, -0.15) is 8.78 Å². The van der Waals surface area contributed by atoms with Gasteiger partial charge in [0.25, 0.3) is 0 Å². The first kappa shape index (κ1) is 20.7. The van der Waals surface area contributed by atoms with E-state index in [9.17, 15) is 23.5 Å². The van der Waals surface area contributed by atoms with Gasteiger partial charge in [0.15, 0.2) is 6.10 Å². The summed E-state index contributed by atoms with van der Waals surface area (Å²) in [6.45, 7) is 7.83. The lowest BCUT2D eigenvalue weighted by molar-refractivity contribution is -0.336. The van der Waals surface area contributed by atoms with Crippen molar-refractivity contribution in [2.75, 3.05) is 0 Å². The van der Waals surface area contributed by atoms with Crippen molar-refractivity contribution in [1.82, 2.24) is 0 Å². The second-order valence-corrected chi connectivity index (χ2v) is 6.73. The average molecular weight is 359 g/mol. The highest BCUT2D eigenvalue weighted by molar-refractivity contribution is 5.74. The van der Waals surface area contributed by atoms with Crippen molar-refractivity contribution in [3.05, 3.63) is 24.3 Å². The summed E-state index contributed by atoms with van der Waals surface area (Å²) < 4.78 is 42.4. The van der Waals surface area contributed by atoms with E-state index in [1.54, 1.807) is 20.8 Å². The minimum absolute atomic E-state index is 0.00355. The van der Waals surface area contributed by atoms with Crippen LogP contribution in [0.15, 0.2) is 24.3 Å². The van der Waals surface area contributed by atoms with Crippen LogP contribution in [0.2, 0.25) is 0 Å². The van der Waals surface area contributed by atoms with Crippen LogP contribution < -0.4 is 14.6 Å². The zero-order valence-corrected chi connectivity index (χ0v) is 14.7. The molecule has 0 aliphatic rings. The lowest BCUT2D eigenvalue weighted by atomic mass is 10.0. The molecule has 0 N–H and O–H groups in total. The van der Waals surface area contributed by atoms with E-state index in [4.69, 9.17) is 14.2 Å². The molecule has 1 unspecified atom stereocenters. The fraction of sp³-hybridized carbons (Fsp3) is 0.529. The maximum absolute atomic E-state index is 13.7. The summed E-state index contributed by atoms with van der Waals surface area (Å²) in [4.78, 5) is 22.2. The number of carboxylic acids is 1. The van der Waals surface area contributed by atoms with Crippen LogP contribution in [-0.2, 0) is 9.53 Å². The molecule has 0 amide bonds. The maximum Gasteiger partial charge on any atom is 0.514 e. The van der Waals surface area contributed by atoms with Gasteiger partial charge in [-0.05, 0) is 51.0 Å². The van der Waals surface area contributed by atoms with Crippen molar-refractivity contribution in [2.24, 2.45) is 5.92 Å². The summed E-state index contributed by atoms with van der Waals surface area (Å²) >= 11 is 0.